The highest BCUT2D eigenvalue weighted by Crippen LogP contribution is 2.13. The Morgan fingerprint density at radius 3 is 2.40 bits per heavy atom. The van der Waals surface area contributed by atoms with Gasteiger partial charge in [0.15, 0.2) is 0 Å². The smallest absolute Gasteiger partial charge is 0.307 e. The molecule has 15 heavy (non-hydrogen) atoms. The Hall–Kier alpha value is -1.10. The molecule has 5 nitrogen and oxygen atoms in total. The lowest BCUT2D eigenvalue weighted by Crippen LogP contribution is -2.17. The molecule has 5 heteroatoms. The highest BCUT2D eigenvalue weighted by molar-refractivity contribution is 5.77. The summed E-state index contributed by atoms with van der Waals surface area (Å²) in [7, 11) is 0. The summed E-state index contributed by atoms with van der Waals surface area (Å²) in [6.07, 6.45) is 1.56. The zero-order valence-electron chi connectivity index (χ0n) is 8.94. The predicted molar refractivity (Wildman–Crippen MR) is 53.7 cm³/mol. The maximum Gasteiger partial charge on any atom is 0.307 e. The SMILES string of the molecule is CCOCCCCC(CC(=O)O)C(=O)O. The van der Waals surface area contributed by atoms with Crippen molar-refractivity contribution in [3.63, 3.8) is 0 Å². The first kappa shape index (κ1) is 13.9. The predicted octanol–water partition coefficient (Wildman–Crippen LogP) is 1.37. The van der Waals surface area contributed by atoms with Crippen LogP contribution in [0.4, 0.5) is 0 Å². The molecule has 0 rings (SSSR count). The molecule has 0 aliphatic heterocycles. The molecule has 0 aromatic carbocycles. The lowest BCUT2D eigenvalue weighted by molar-refractivity contribution is -0.148. The number of rotatable bonds is 9. The second kappa shape index (κ2) is 8.23. The number of carboxylic acids is 2. The van der Waals surface area contributed by atoms with Crippen molar-refractivity contribution in [2.24, 2.45) is 5.92 Å². The van der Waals surface area contributed by atoms with Crippen molar-refractivity contribution in [2.45, 2.75) is 32.6 Å². The standard InChI is InChI=1S/C10H18O5/c1-2-15-6-4-3-5-8(10(13)14)7-9(11)12/h8H,2-7H2,1H3,(H,11,12)(H,13,14). The minimum atomic E-state index is -1.06. The van der Waals surface area contributed by atoms with E-state index in [1.165, 1.54) is 0 Å². The van der Waals surface area contributed by atoms with Gasteiger partial charge in [-0.1, -0.05) is 6.42 Å². The monoisotopic (exact) mass is 218 g/mol. The third kappa shape index (κ3) is 7.93. The van der Waals surface area contributed by atoms with E-state index < -0.39 is 17.9 Å². The number of carbonyl (C=O) groups is 2. The van der Waals surface area contributed by atoms with Gasteiger partial charge >= 0.3 is 11.9 Å². The minimum absolute atomic E-state index is 0.302. The van der Waals surface area contributed by atoms with Crippen LogP contribution >= 0.6 is 0 Å². The van der Waals surface area contributed by atoms with Gasteiger partial charge < -0.3 is 14.9 Å². The maximum absolute atomic E-state index is 10.7. The fourth-order valence-corrected chi connectivity index (χ4v) is 1.26. The van der Waals surface area contributed by atoms with Crippen LogP contribution in [0.25, 0.3) is 0 Å². The quantitative estimate of drug-likeness (QED) is 0.571. The van der Waals surface area contributed by atoms with Crippen molar-refractivity contribution >= 4 is 11.9 Å². The molecule has 2 N–H and O–H groups in total. The molecule has 0 aliphatic rings. The molecule has 0 amide bonds. The summed E-state index contributed by atoms with van der Waals surface area (Å²) in [4.78, 5) is 21.0. The highest BCUT2D eigenvalue weighted by atomic mass is 16.5. The van der Waals surface area contributed by atoms with E-state index in [2.05, 4.69) is 0 Å². The Morgan fingerprint density at radius 1 is 1.27 bits per heavy atom. The molecule has 0 saturated carbocycles. The Labute approximate surface area is 89.0 Å². The van der Waals surface area contributed by atoms with E-state index >= 15 is 0 Å². The summed E-state index contributed by atoms with van der Waals surface area (Å²) in [6.45, 7) is 3.15. The van der Waals surface area contributed by atoms with Gasteiger partial charge in [-0.2, -0.15) is 0 Å². The van der Waals surface area contributed by atoms with E-state index in [1.807, 2.05) is 6.92 Å². The zero-order valence-corrected chi connectivity index (χ0v) is 8.94. The average molecular weight is 218 g/mol. The van der Waals surface area contributed by atoms with Gasteiger partial charge in [0, 0.05) is 13.2 Å². The van der Waals surface area contributed by atoms with Crippen LogP contribution in [0.2, 0.25) is 0 Å². The molecule has 0 saturated heterocycles. The van der Waals surface area contributed by atoms with Crippen LogP contribution in [0.15, 0.2) is 0 Å². The number of unbranched alkanes of at least 4 members (excludes halogenated alkanes) is 1. The van der Waals surface area contributed by atoms with Crippen molar-refractivity contribution in [1.29, 1.82) is 0 Å². The van der Waals surface area contributed by atoms with Crippen LogP contribution in [0.1, 0.15) is 32.6 Å². The topological polar surface area (TPSA) is 83.8 Å². The maximum atomic E-state index is 10.7. The summed E-state index contributed by atoms with van der Waals surface area (Å²) in [5.74, 6) is -2.87. The van der Waals surface area contributed by atoms with Gasteiger partial charge in [0.25, 0.3) is 0 Å². The molecule has 0 radical (unpaired) electrons. The molecule has 1 atom stereocenters. The van der Waals surface area contributed by atoms with Crippen molar-refractivity contribution in [3.8, 4) is 0 Å². The molecule has 0 heterocycles. The fraction of sp³-hybridized carbons (Fsp3) is 0.800. The second-order valence-electron chi connectivity index (χ2n) is 3.33. The average Bonchev–Trinajstić information content (AvgIpc) is 2.15. The van der Waals surface area contributed by atoms with E-state index in [0.29, 0.717) is 26.1 Å². The van der Waals surface area contributed by atoms with Crippen LogP contribution in [-0.4, -0.2) is 35.4 Å². The van der Waals surface area contributed by atoms with E-state index in [4.69, 9.17) is 14.9 Å². The zero-order chi connectivity index (χ0) is 11.7. The number of carboxylic acid groups (broad SMARTS) is 2. The minimum Gasteiger partial charge on any atom is -0.481 e. The normalized spacial score (nSPS) is 12.3. The first-order valence-corrected chi connectivity index (χ1v) is 5.10. The van der Waals surface area contributed by atoms with E-state index in [-0.39, 0.29) is 6.42 Å². The van der Waals surface area contributed by atoms with Gasteiger partial charge in [0.2, 0.25) is 0 Å². The molecule has 88 valence electrons. The fourth-order valence-electron chi connectivity index (χ4n) is 1.26. The van der Waals surface area contributed by atoms with Crippen LogP contribution in [0.3, 0.4) is 0 Å². The summed E-state index contributed by atoms with van der Waals surface area (Å²) in [6, 6.07) is 0. The largest absolute Gasteiger partial charge is 0.481 e. The van der Waals surface area contributed by atoms with Gasteiger partial charge in [0.05, 0.1) is 12.3 Å². The Balaban J connectivity index is 3.67. The van der Waals surface area contributed by atoms with Gasteiger partial charge in [-0.05, 0) is 19.8 Å². The molecular weight excluding hydrogens is 200 g/mol. The van der Waals surface area contributed by atoms with Crippen molar-refractivity contribution in [2.75, 3.05) is 13.2 Å². The Bertz CT molecular complexity index is 202. The van der Waals surface area contributed by atoms with E-state index in [0.717, 1.165) is 6.42 Å². The first-order valence-electron chi connectivity index (χ1n) is 5.10. The number of ether oxygens (including phenoxy) is 1. The van der Waals surface area contributed by atoms with Crippen LogP contribution < -0.4 is 0 Å². The Morgan fingerprint density at radius 2 is 1.93 bits per heavy atom. The van der Waals surface area contributed by atoms with Gasteiger partial charge in [-0.3, -0.25) is 9.59 Å². The molecule has 0 aliphatic carbocycles. The first-order chi connectivity index (χ1) is 7.07. The third-order valence-corrected chi connectivity index (χ3v) is 2.07. The number of hydrogen-bond acceptors (Lipinski definition) is 3. The van der Waals surface area contributed by atoms with Crippen LogP contribution in [-0.2, 0) is 14.3 Å². The van der Waals surface area contributed by atoms with Gasteiger partial charge in [0.1, 0.15) is 0 Å². The molecule has 0 fully saturated rings. The van der Waals surface area contributed by atoms with Crippen LogP contribution in [0, 0.1) is 5.92 Å². The Kier molecular flexibility index (Phi) is 7.62. The number of hydrogen-bond donors (Lipinski definition) is 2. The molecule has 0 aromatic rings. The van der Waals surface area contributed by atoms with Crippen molar-refractivity contribution < 1.29 is 24.5 Å². The van der Waals surface area contributed by atoms with Crippen LogP contribution in [0.5, 0.6) is 0 Å². The summed E-state index contributed by atoms with van der Waals surface area (Å²) < 4.78 is 5.09. The van der Waals surface area contributed by atoms with Gasteiger partial charge in [-0.25, -0.2) is 0 Å². The summed E-state index contributed by atoms with van der Waals surface area (Å²) >= 11 is 0. The molecule has 0 bridgehead atoms. The molecule has 0 aromatic heterocycles. The third-order valence-electron chi connectivity index (χ3n) is 2.07. The van der Waals surface area contributed by atoms with E-state index in [1.54, 1.807) is 0 Å². The summed E-state index contributed by atoms with van der Waals surface area (Å²) in [5.41, 5.74) is 0. The van der Waals surface area contributed by atoms with Gasteiger partial charge in [-0.15, -0.1) is 0 Å². The van der Waals surface area contributed by atoms with Crippen molar-refractivity contribution in [3.05, 3.63) is 0 Å². The molecular formula is C10H18O5. The van der Waals surface area contributed by atoms with Crippen molar-refractivity contribution in [1.82, 2.24) is 0 Å². The molecule has 0 spiro atoms. The summed E-state index contributed by atoms with van der Waals surface area (Å²) in [5, 5.41) is 17.2. The molecule has 1 unspecified atom stereocenters. The highest BCUT2D eigenvalue weighted by Gasteiger charge is 2.19. The van der Waals surface area contributed by atoms with E-state index in [9.17, 15) is 9.59 Å². The lowest BCUT2D eigenvalue weighted by atomic mass is 9.99. The number of aliphatic carboxylic acids is 2. The second-order valence-corrected chi connectivity index (χ2v) is 3.33. The lowest BCUT2D eigenvalue weighted by Gasteiger charge is -2.09.